The average molecular weight is 286 g/mol. The highest BCUT2D eigenvalue weighted by atomic mass is 35.5. The lowest BCUT2D eigenvalue weighted by molar-refractivity contribution is -0.384. The van der Waals surface area contributed by atoms with Gasteiger partial charge in [0.2, 0.25) is 5.91 Å². The Balaban J connectivity index is 2.55. The molecule has 1 aromatic rings. The zero-order chi connectivity index (χ0) is 14.3. The first-order valence-electron chi connectivity index (χ1n) is 5.98. The van der Waals surface area contributed by atoms with E-state index in [9.17, 15) is 14.9 Å². The van der Waals surface area contributed by atoms with Gasteiger partial charge in [-0.2, -0.15) is 0 Å². The smallest absolute Gasteiger partial charge is 0.289 e. The van der Waals surface area contributed by atoms with Gasteiger partial charge in [-0.1, -0.05) is 18.0 Å². The van der Waals surface area contributed by atoms with E-state index >= 15 is 0 Å². The van der Waals surface area contributed by atoms with Gasteiger partial charge in [0, 0.05) is 18.2 Å². The summed E-state index contributed by atoms with van der Waals surface area (Å²) < 4.78 is 0. The van der Waals surface area contributed by atoms with Crippen LogP contribution in [0.2, 0.25) is 5.02 Å². The predicted octanol–water partition coefficient (Wildman–Crippen LogP) is 2.71. The van der Waals surface area contributed by atoms with Crippen molar-refractivity contribution in [2.75, 3.05) is 11.9 Å². The molecule has 1 rings (SSSR count). The Labute approximate surface area is 116 Å². The summed E-state index contributed by atoms with van der Waals surface area (Å²) in [6, 6.07) is 4.18. The third-order valence-corrected chi connectivity index (χ3v) is 2.85. The van der Waals surface area contributed by atoms with Crippen LogP contribution in [0.5, 0.6) is 0 Å². The molecule has 0 saturated carbocycles. The minimum Gasteiger partial charge on any atom is -0.330 e. The van der Waals surface area contributed by atoms with E-state index in [4.69, 9.17) is 17.3 Å². The van der Waals surface area contributed by atoms with E-state index in [0.717, 1.165) is 19.3 Å². The molecule has 0 aliphatic carbocycles. The number of unbranched alkanes of at least 4 members (excludes halogenated alkanes) is 2. The van der Waals surface area contributed by atoms with Crippen LogP contribution >= 0.6 is 11.6 Å². The first-order valence-corrected chi connectivity index (χ1v) is 6.36. The van der Waals surface area contributed by atoms with Crippen LogP contribution in [0, 0.1) is 10.1 Å². The third kappa shape index (κ3) is 5.23. The summed E-state index contributed by atoms with van der Waals surface area (Å²) in [6.45, 7) is 0.616. The van der Waals surface area contributed by atoms with E-state index in [0.29, 0.717) is 18.7 Å². The van der Waals surface area contributed by atoms with Crippen molar-refractivity contribution in [3.05, 3.63) is 33.3 Å². The van der Waals surface area contributed by atoms with Gasteiger partial charge in [0.25, 0.3) is 5.69 Å². The molecular formula is C12H16ClN3O3. The van der Waals surface area contributed by atoms with Gasteiger partial charge in [0.15, 0.2) is 0 Å². The lowest BCUT2D eigenvalue weighted by Gasteiger charge is -2.05. The summed E-state index contributed by atoms with van der Waals surface area (Å²) in [4.78, 5) is 21.7. The zero-order valence-corrected chi connectivity index (χ0v) is 11.2. The molecule has 0 fully saturated rings. The molecule has 0 unspecified atom stereocenters. The molecule has 0 atom stereocenters. The molecule has 0 saturated heterocycles. The second-order valence-corrected chi connectivity index (χ2v) is 4.48. The third-order valence-electron chi connectivity index (χ3n) is 2.53. The van der Waals surface area contributed by atoms with Gasteiger partial charge in [0.05, 0.1) is 4.92 Å². The lowest BCUT2D eigenvalue weighted by atomic mass is 10.2. The highest BCUT2D eigenvalue weighted by molar-refractivity contribution is 6.32. The lowest BCUT2D eigenvalue weighted by Crippen LogP contribution is -2.11. The Morgan fingerprint density at radius 1 is 1.37 bits per heavy atom. The standard InChI is InChI=1S/C12H16ClN3O3/c13-10-6-5-9(8-11(10)16(18)19)15-12(17)4-2-1-3-7-14/h5-6,8H,1-4,7,14H2,(H,15,17). The topological polar surface area (TPSA) is 98.3 Å². The van der Waals surface area contributed by atoms with Gasteiger partial charge >= 0.3 is 0 Å². The van der Waals surface area contributed by atoms with E-state index in [1.807, 2.05) is 0 Å². The molecule has 0 aliphatic rings. The number of hydrogen-bond donors (Lipinski definition) is 2. The fourth-order valence-electron chi connectivity index (χ4n) is 1.56. The van der Waals surface area contributed by atoms with Gasteiger partial charge in [-0.25, -0.2) is 0 Å². The highest BCUT2D eigenvalue weighted by Crippen LogP contribution is 2.27. The van der Waals surface area contributed by atoms with Crippen molar-refractivity contribution in [1.82, 2.24) is 0 Å². The number of carbonyl (C=O) groups is 1. The molecule has 0 radical (unpaired) electrons. The van der Waals surface area contributed by atoms with Gasteiger partial charge in [-0.15, -0.1) is 0 Å². The van der Waals surface area contributed by atoms with E-state index in [1.165, 1.54) is 18.2 Å². The number of carbonyl (C=O) groups excluding carboxylic acids is 1. The first-order chi connectivity index (χ1) is 9.04. The Kier molecular flexibility index (Phi) is 6.24. The van der Waals surface area contributed by atoms with Crippen molar-refractivity contribution in [2.45, 2.75) is 25.7 Å². The average Bonchev–Trinajstić information content (AvgIpc) is 2.36. The second kappa shape index (κ2) is 7.70. The number of nitro groups is 1. The van der Waals surface area contributed by atoms with Crippen molar-refractivity contribution in [1.29, 1.82) is 0 Å². The summed E-state index contributed by atoms with van der Waals surface area (Å²) in [6.07, 6.45) is 2.90. The Morgan fingerprint density at radius 3 is 2.74 bits per heavy atom. The molecule has 1 aromatic carbocycles. The van der Waals surface area contributed by atoms with Gasteiger partial charge in [-0.3, -0.25) is 14.9 Å². The number of amides is 1. The maximum absolute atomic E-state index is 11.6. The van der Waals surface area contributed by atoms with E-state index in [-0.39, 0.29) is 16.6 Å². The minimum absolute atomic E-state index is 0.0472. The molecule has 0 aliphatic heterocycles. The van der Waals surface area contributed by atoms with Crippen LogP contribution in [0.3, 0.4) is 0 Å². The molecule has 104 valence electrons. The minimum atomic E-state index is -0.584. The van der Waals surface area contributed by atoms with Crippen LogP contribution in [0.1, 0.15) is 25.7 Å². The molecule has 0 heterocycles. The normalized spacial score (nSPS) is 10.2. The Hall–Kier alpha value is -1.66. The van der Waals surface area contributed by atoms with Crippen molar-refractivity contribution in [3.63, 3.8) is 0 Å². The molecule has 0 spiro atoms. The highest BCUT2D eigenvalue weighted by Gasteiger charge is 2.13. The molecule has 1 amide bonds. The van der Waals surface area contributed by atoms with Gasteiger partial charge < -0.3 is 11.1 Å². The predicted molar refractivity (Wildman–Crippen MR) is 74.3 cm³/mol. The van der Waals surface area contributed by atoms with Crippen molar-refractivity contribution in [3.8, 4) is 0 Å². The van der Waals surface area contributed by atoms with Crippen LogP contribution in [0.15, 0.2) is 18.2 Å². The summed E-state index contributed by atoms with van der Waals surface area (Å²) in [7, 11) is 0. The fourth-order valence-corrected chi connectivity index (χ4v) is 1.75. The van der Waals surface area contributed by atoms with Crippen molar-refractivity contribution < 1.29 is 9.72 Å². The number of rotatable bonds is 7. The van der Waals surface area contributed by atoms with E-state index in [1.54, 1.807) is 0 Å². The van der Waals surface area contributed by atoms with E-state index < -0.39 is 4.92 Å². The number of benzene rings is 1. The maximum Gasteiger partial charge on any atom is 0.289 e. The molecule has 0 bridgehead atoms. The van der Waals surface area contributed by atoms with Crippen molar-refractivity contribution in [2.24, 2.45) is 5.73 Å². The summed E-state index contributed by atoms with van der Waals surface area (Å²) in [5.41, 5.74) is 5.51. The van der Waals surface area contributed by atoms with Crippen LogP contribution in [0.25, 0.3) is 0 Å². The number of anilines is 1. The summed E-state index contributed by atoms with van der Waals surface area (Å²) in [5.74, 6) is -0.173. The zero-order valence-electron chi connectivity index (χ0n) is 10.4. The largest absolute Gasteiger partial charge is 0.330 e. The molecular weight excluding hydrogens is 270 g/mol. The van der Waals surface area contributed by atoms with Gasteiger partial charge in [0.1, 0.15) is 5.02 Å². The number of nitro benzene ring substituents is 1. The number of nitrogens with one attached hydrogen (secondary N) is 1. The summed E-state index contributed by atoms with van der Waals surface area (Å²) in [5, 5.41) is 13.4. The molecule has 3 N–H and O–H groups in total. The number of nitrogens with zero attached hydrogens (tertiary/aromatic N) is 1. The van der Waals surface area contributed by atoms with Crippen LogP contribution < -0.4 is 11.1 Å². The first kappa shape index (κ1) is 15.4. The summed E-state index contributed by atoms with van der Waals surface area (Å²) >= 11 is 5.68. The quantitative estimate of drug-likeness (QED) is 0.457. The van der Waals surface area contributed by atoms with Crippen molar-refractivity contribution >= 4 is 28.9 Å². The maximum atomic E-state index is 11.6. The molecule has 19 heavy (non-hydrogen) atoms. The number of halogens is 1. The van der Waals surface area contributed by atoms with Gasteiger partial charge in [-0.05, 0) is 31.5 Å². The number of nitrogens with two attached hydrogens (primary N) is 1. The van der Waals surface area contributed by atoms with Crippen LogP contribution in [-0.4, -0.2) is 17.4 Å². The SMILES string of the molecule is NCCCCCC(=O)Nc1ccc(Cl)c([N+](=O)[O-])c1. The fraction of sp³-hybridized carbons (Fsp3) is 0.417. The molecule has 0 aromatic heterocycles. The van der Waals surface area contributed by atoms with Crippen LogP contribution in [0.4, 0.5) is 11.4 Å². The van der Waals surface area contributed by atoms with E-state index in [2.05, 4.69) is 5.32 Å². The Morgan fingerprint density at radius 2 is 2.11 bits per heavy atom. The molecule has 6 nitrogen and oxygen atoms in total. The monoisotopic (exact) mass is 285 g/mol. The van der Waals surface area contributed by atoms with Crippen LogP contribution in [-0.2, 0) is 4.79 Å². The second-order valence-electron chi connectivity index (χ2n) is 4.07. The molecule has 7 heteroatoms. The Bertz CT molecular complexity index is 466. The number of hydrogen-bond acceptors (Lipinski definition) is 4.